The summed E-state index contributed by atoms with van der Waals surface area (Å²) in [6.45, 7) is 0.608. The zero-order valence-electron chi connectivity index (χ0n) is 17.8. The molecule has 1 saturated heterocycles. The monoisotopic (exact) mass is 507 g/mol. The highest BCUT2D eigenvalue weighted by atomic mass is 35.5. The third-order valence-electron chi connectivity index (χ3n) is 6.08. The third-order valence-corrected chi connectivity index (χ3v) is 6.65. The van der Waals surface area contributed by atoms with Gasteiger partial charge in [0.1, 0.15) is 0 Å². The van der Waals surface area contributed by atoms with E-state index in [1.165, 1.54) is 12.4 Å². The molecule has 2 fully saturated rings. The molecule has 34 heavy (non-hydrogen) atoms. The van der Waals surface area contributed by atoms with Gasteiger partial charge >= 0.3 is 5.97 Å². The molecule has 2 N–H and O–H groups in total. The molecule has 1 saturated carbocycles. The van der Waals surface area contributed by atoms with Crippen molar-refractivity contribution >= 4 is 52.3 Å². The van der Waals surface area contributed by atoms with Gasteiger partial charge in [0.25, 0.3) is 5.91 Å². The first kappa shape index (κ1) is 24.3. The number of hydrogen-bond donors (Lipinski definition) is 2. The number of ether oxygens (including phenoxy) is 1. The molecule has 1 unspecified atom stereocenters. The number of hydrogen-bond acceptors (Lipinski definition) is 6. The van der Waals surface area contributed by atoms with Gasteiger partial charge in [0.2, 0.25) is 0 Å². The molecular formula is C23H20Cl2FN3O5. The van der Waals surface area contributed by atoms with Crippen LogP contribution in [0.3, 0.4) is 0 Å². The van der Waals surface area contributed by atoms with Gasteiger partial charge in [-0.25, -0.2) is 9.18 Å². The lowest BCUT2D eigenvalue weighted by molar-refractivity contribution is -0.140. The molecule has 0 bridgehead atoms. The number of benzene rings is 1. The summed E-state index contributed by atoms with van der Waals surface area (Å²) >= 11 is 12.0. The lowest BCUT2D eigenvalue weighted by Crippen LogP contribution is -2.63. The minimum Gasteiger partial charge on any atom is -0.480 e. The van der Waals surface area contributed by atoms with Crippen LogP contribution in [0.4, 0.5) is 10.1 Å². The molecule has 1 aromatic heterocycles. The van der Waals surface area contributed by atoms with E-state index in [1.807, 2.05) is 0 Å². The van der Waals surface area contributed by atoms with Gasteiger partial charge in [-0.3, -0.25) is 19.6 Å². The molecule has 1 amide bonds. The third kappa shape index (κ3) is 4.55. The maximum Gasteiger partial charge on any atom is 0.328 e. The van der Waals surface area contributed by atoms with E-state index < -0.39 is 35.3 Å². The number of carboxylic acid groups (broad SMARTS) is 1. The molecule has 4 rings (SSSR count). The second kappa shape index (κ2) is 9.77. The van der Waals surface area contributed by atoms with Crippen LogP contribution in [-0.4, -0.2) is 58.9 Å². The van der Waals surface area contributed by atoms with Gasteiger partial charge in [-0.2, -0.15) is 0 Å². The number of carbonyl (C=O) groups is 3. The zero-order valence-corrected chi connectivity index (χ0v) is 19.3. The number of nitrogens with zero attached hydrogens (tertiary/aromatic N) is 2. The molecule has 2 aromatic rings. The second-order valence-electron chi connectivity index (χ2n) is 8.12. The topological polar surface area (TPSA) is 118 Å². The van der Waals surface area contributed by atoms with E-state index in [9.17, 15) is 23.9 Å². The summed E-state index contributed by atoms with van der Waals surface area (Å²) in [5.74, 6) is -2.29. The number of pyridine rings is 1. The van der Waals surface area contributed by atoms with E-state index in [0.29, 0.717) is 37.3 Å². The van der Waals surface area contributed by atoms with Crippen molar-refractivity contribution in [2.45, 2.75) is 31.5 Å². The van der Waals surface area contributed by atoms with Gasteiger partial charge in [-0.05, 0) is 30.5 Å². The van der Waals surface area contributed by atoms with E-state index >= 15 is 0 Å². The number of alkyl halides is 1. The van der Waals surface area contributed by atoms with E-state index in [4.69, 9.17) is 27.9 Å². The number of aromatic nitrogens is 1. The van der Waals surface area contributed by atoms with Gasteiger partial charge in [-0.15, -0.1) is 0 Å². The molecule has 1 aliphatic carbocycles. The number of Topliss-reactive ketones (excluding diaryl/α,β-unsaturated/α-hetero) is 1. The van der Waals surface area contributed by atoms with Gasteiger partial charge in [0.05, 0.1) is 26.7 Å². The Hall–Kier alpha value is -2.88. The average molecular weight is 508 g/mol. The maximum absolute atomic E-state index is 14.4. The highest BCUT2D eigenvalue weighted by molar-refractivity contribution is 6.40. The van der Waals surface area contributed by atoms with Crippen LogP contribution in [0.25, 0.3) is 0 Å². The molecule has 0 radical (unpaired) electrons. The van der Waals surface area contributed by atoms with E-state index in [2.05, 4.69) is 15.3 Å². The standard InChI is InChI=1S/C23H20Cl2FN3O5/c24-14-10-27-11-15(25)17(14)21(31)28-13-3-1-12(2-4-13)9-16(22(32)33)29-19-18(26)20(30)23(19)5-7-34-8-6-23/h1-4,10-11,16,18H,5-9H2,(H,28,31)(H,32,33)/t16-,18?/m0/s1. The van der Waals surface area contributed by atoms with Crippen molar-refractivity contribution in [3.05, 3.63) is 57.8 Å². The molecule has 2 heterocycles. The summed E-state index contributed by atoms with van der Waals surface area (Å²) in [5.41, 5.74) is 0.0853. The van der Waals surface area contributed by atoms with E-state index in [-0.39, 0.29) is 27.7 Å². The molecule has 8 nitrogen and oxygen atoms in total. The fourth-order valence-electron chi connectivity index (χ4n) is 4.19. The number of aliphatic imine (C=N–C) groups is 1. The van der Waals surface area contributed by atoms with Crippen molar-refractivity contribution in [1.82, 2.24) is 4.98 Å². The molecular weight excluding hydrogens is 488 g/mol. The van der Waals surface area contributed by atoms with Crippen molar-refractivity contribution in [2.24, 2.45) is 10.4 Å². The SMILES string of the molecule is O=C(Nc1ccc(C[C@H](N=C2C(F)C(=O)C23CCOCC3)C(=O)O)cc1)c1c(Cl)cncc1Cl. The van der Waals surface area contributed by atoms with Crippen LogP contribution in [-0.2, 0) is 20.7 Å². The Morgan fingerprint density at radius 1 is 1.21 bits per heavy atom. The van der Waals surface area contributed by atoms with Crippen LogP contribution < -0.4 is 5.32 Å². The Bertz CT molecular complexity index is 1150. The molecule has 2 aliphatic rings. The number of amides is 1. The van der Waals surface area contributed by atoms with Gasteiger partial charge < -0.3 is 15.2 Å². The number of carbonyl (C=O) groups excluding carboxylic acids is 2. The van der Waals surface area contributed by atoms with Crippen molar-refractivity contribution < 1.29 is 28.6 Å². The Morgan fingerprint density at radius 2 is 1.82 bits per heavy atom. The first-order valence-corrected chi connectivity index (χ1v) is 11.2. The number of anilines is 1. The molecule has 1 aliphatic heterocycles. The molecule has 11 heteroatoms. The zero-order chi connectivity index (χ0) is 24.5. The first-order chi connectivity index (χ1) is 16.2. The second-order valence-corrected chi connectivity index (χ2v) is 8.94. The summed E-state index contributed by atoms with van der Waals surface area (Å²) in [7, 11) is 0. The number of aliphatic carboxylic acids is 1. The summed E-state index contributed by atoms with van der Waals surface area (Å²) in [4.78, 5) is 44.5. The van der Waals surface area contributed by atoms with Crippen LogP contribution in [0, 0.1) is 5.41 Å². The Kier molecular flexibility index (Phi) is 6.97. The summed E-state index contributed by atoms with van der Waals surface area (Å²) in [6.07, 6.45) is 1.34. The quantitative estimate of drug-likeness (QED) is 0.613. The predicted octanol–water partition coefficient (Wildman–Crippen LogP) is 3.80. The fraction of sp³-hybridized carbons (Fsp3) is 0.348. The molecule has 178 valence electrons. The van der Waals surface area contributed by atoms with Crippen LogP contribution in [0.2, 0.25) is 10.0 Å². The van der Waals surface area contributed by atoms with Gasteiger partial charge in [0.15, 0.2) is 18.0 Å². The molecule has 2 atom stereocenters. The Morgan fingerprint density at radius 3 is 2.41 bits per heavy atom. The van der Waals surface area contributed by atoms with Crippen molar-refractivity contribution in [3.8, 4) is 0 Å². The fourth-order valence-corrected chi connectivity index (χ4v) is 4.73. The van der Waals surface area contributed by atoms with Crippen LogP contribution in [0.1, 0.15) is 28.8 Å². The molecule has 1 spiro atoms. The lowest BCUT2D eigenvalue weighted by atomic mass is 9.60. The summed E-state index contributed by atoms with van der Waals surface area (Å²) in [5, 5.41) is 12.5. The Balaban J connectivity index is 1.48. The highest BCUT2D eigenvalue weighted by Gasteiger charge is 2.60. The van der Waals surface area contributed by atoms with E-state index in [0.717, 1.165) is 0 Å². The van der Waals surface area contributed by atoms with Crippen molar-refractivity contribution in [2.75, 3.05) is 18.5 Å². The Labute approximate surface area is 204 Å². The smallest absolute Gasteiger partial charge is 0.328 e. The lowest BCUT2D eigenvalue weighted by Gasteiger charge is -2.46. The predicted molar refractivity (Wildman–Crippen MR) is 124 cm³/mol. The minimum absolute atomic E-state index is 0.00296. The molecule has 1 aromatic carbocycles. The van der Waals surface area contributed by atoms with Crippen LogP contribution in [0.15, 0.2) is 41.7 Å². The highest BCUT2D eigenvalue weighted by Crippen LogP contribution is 2.45. The number of ketones is 1. The number of rotatable bonds is 6. The average Bonchev–Trinajstić information content (AvgIpc) is 2.82. The van der Waals surface area contributed by atoms with Crippen LogP contribution in [0.5, 0.6) is 0 Å². The summed E-state index contributed by atoms with van der Waals surface area (Å²) in [6, 6.07) is 5.19. The summed E-state index contributed by atoms with van der Waals surface area (Å²) < 4.78 is 19.6. The largest absolute Gasteiger partial charge is 0.480 e. The number of halogens is 3. The first-order valence-electron chi connectivity index (χ1n) is 10.5. The van der Waals surface area contributed by atoms with Gasteiger partial charge in [0, 0.05) is 37.7 Å². The van der Waals surface area contributed by atoms with Crippen molar-refractivity contribution in [3.63, 3.8) is 0 Å². The van der Waals surface area contributed by atoms with E-state index in [1.54, 1.807) is 24.3 Å². The number of carboxylic acids is 1. The normalized spacial score (nSPS) is 21.2. The number of nitrogens with one attached hydrogen (secondary N) is 1. The van der Waals surface area contributed by atoms with Crippen LogP contribution >= 0.6 is 23.2 Å². The minimum atomic E-state index is -1.87. The van der Waals surface area contributed by atoms with Gasteiger partial charge in [-0.1, -0.05) is 35.3 Å². The maximum atomic E-state index is 14.4. The van der Waals surface area contributed by atoms with Crippen molar-refractivity contribution in [1.29, 1.82) is 0 Å².